The van der Waals surface area contributed by atoms with Gasteiger partial charge in [-0.3, -0.25) is 9.89 Å². The van der Waals surface area contributed by atoms with Gasteiger partial charge in [0.1, 0.15) is 0 Å². The standard InChI is InChI=1S/C9H14N4O3/c1-6(2-8(14)15)3-10-9(16)13-7-4-11-12-5-7/h4-6H,2-3H2,1H3,(H,11,12)(H,14,15)(H2,10,13,16). The molecule has 0 saturated carbocycles. The summed E-state index contributed by atoms with van der Waals surface area (Å²) in [6.45, 7) is 2.07. The minimum Gasteiger partial charge on any atom is -0.481 e. The Morgan fingerprint density at radius 2 is 2.38 bits per heavy atom. The third-order valence-corrected chi connectivity index (χ3v) is 1.89. The fourth-order valence-corrected chi connectivity index (χ4v) is 1.13. The lowest BCUT2D eigenvalue weighted by Gasteiger charge is -2.10. The highest BCUT2D eigenvalue weighted by Crippen LogP contribution is 2.02. The zero-order valence-electron chi connectivity index (χ0n) is 8.86. The molecule has 0 fully saturated rings. The molecule has 0 spiro atoms. The van der Waals surface area contributed by atoms with E-state index in [2.05, 4.69) is 20.8 Å². The van der Waals surface area contributed by atoms with Gasteiger partial charge in [0.2, 0.25) is 0 Å². The highest BCUT2D eigenvalue weighted by Gasteiger charge is 2.09. The number of aliphatic carboxylic acids is 1. The summed E-state index contributed by atoms with van der Waals surface area (Å²) in [5.74, 6) is -0.975. The van der Waals surface area contributed by atoms with E-state index in [9.17, 15) is 9.59 Å². The minimum atomic E-state index is -0.871. The number of hydrogen-bond donors (Lipinski definition) is 4. The van der Waals surface area contributed by atoms with Crippen LogP contribution in [-0.4, -0.2) is 33.8 Å². The molecule has 88 valence electrons. The fourth-order valence-electron chi connectivity index (χ4n) is 1.13. The van der Waals surface area contributed by atoms with Crippen LogP contribution in [0.5, 0.6) is 0 Å². The van der Waals surface area contributed by atoms with Crippen LogP contribution in [-0.2, 0) is 4.79 Å². The van der Waals surface area contributed by atoms with Crippen molar-refractivity contribution in [3.05, 3.63) is 12.4 Å². The maximum absolute atomic E-state index is 11.3. The minimum absolute atomic E-state index is 0.0337. The number of nitrogens with zero attached hydrogens (tertiary/aromatic N) is 1. The van der Waals surface area contributed by atoms with Crippen LogP contribution in [0.4, 0.5) is 10.5 Å². The zero-order chi connectivity index (χ0) is 12.0. The molecule has 0 aliphatic carbocycles. The number of H-pyrrole nitrogens is 1. The normalized spacial score (nSPS) is 11.8. The summed E-state index contributed by atoms with van der Waals surface area (Å²) in [5.41, 5.74) is 0.559. The molecule has 7 heteroatoms. The molecule has 1 aromatic rings. The van der Waals surface area contributed by atoms with Gasteiger partial charge in [0, 0.05) is 19.2 Å². The van der Waals surface area contributed by atoms with Gasteiger partial charge in [0.25, 0.3) is 0 Å². The summed E-state index contributed by atoms with van der Waals surface area (Å²) < 4.78 is 0. The van der Waals surface area contributed by atoms with Gasteiger partial charge in [-0.25, -0.2) is 4.79 Å². The molecule has 1 rings (SSSR count). The molecule has 2 amide bonds. The van der Waals surface area contributed by atoms with Gasteiger partial charge in [-0.2, -0.15) is 5.10 Å². The van der Waals surface area contributed by atoms with E-state index in [4.69, 9.17) is 5.11 Å². The van der Waals surface area contributed by atoms with E-state index in [1.54, 1.807) is 13.1 Å². The molecular formula is C9H14N4O3. The summed E-state index contributed by atoms with van der Waals surface area (Å²) in [6.07, 6.45) is 3.05. The lowest BCUT2D eigenvalue weighted by molar-refractivity contribution is -0.137. The monoisotopic (exact) mass is 226 g/mol. The Hall–Kier alpha value is -2.05. The van der Waals surface area contributed by atoms with Gasteiger partial charge >= 0.3 is 12.0 Å². The number of carboxylic acid groups (broad SMARTS) is 1. The second kappa shape index (κ2) is 5.74. The van der Waals surface area contributed by atoms with Crippen molar-refractivity contribution in [2.45, 2.75) is 13.3 Å². The maximum Gasteiger partial charge on any atom is 0.319 e. The number of aromatic amines is 1. The molecule has 0 aliphatic heterocycles. The highest BCUT2D eigenvalue weighted by atomic mass is 16.4. The molecule has 0 bridgehead atoms. The first-order valence-electron chi connectivity index (χ1n) is 4.83. The number of amides is 2. The third-order valence-electron chi connectivity index (χ3n) is 1.89. The Kier molecular flexibility index (Phi) is 4.31. The fraction of sp³-hybridized carbons (Fsp3) is 0.444. The van der Waals surface area contributed by atoms with E-state index >= 15 is 0 Å². The van der Waals surface area contributed by atoms with Crippen LogP contribution >= 0.6 is 0 Å². The van der Waals surface area contributed by atoms with Gasteiger partial charge in [-0.15, -0.1) is 0 Å². The predicted molar refractivity (Wildman–Crippen MR) is 57.0 cm³/mol. The number of aromatic nitrogens is 2. The SMILES string of the molecule is CC(CNC(=O)Nc1cn[nH]c1)CC(=O)O. The largest absolute Gasteiger partial charge is 0.481 e. The molecule has 0 aliphatic rings. The van der Waals surface area contributed by atoms with Crippen molar-refractivity contribution in [2.24, 2.45) is 5.92 Å². The van der Waals surface area contributed by atoms with Gasteiger partial charge in [0.15, 0.2) is 0 Å². The predicted octanol–water partition coefficient (Wildman–Crippen LogP) is 0.642. The summed E-state index contributed by atoms with van der Waals surface area (Å²) >= 11 is 0. The van der Waals surface area contributed by atoms with Crippen LogP contribution in [0.1, 0.15) is 13.3 Å². The third kappa shape index (κ3) is 4.45. The van der Waals surface area contributed by atoms with Gasteiger partial charge in [-0.05, 0) is 5.92 Å². The first-order chi connectivity index (χ1) is 7.58. The molecule has 16 heavy (non-hydrogen) atoms. The van der Waals surface area contributed by atoms with Crippen LogP contribution in [0.3, 0.4) is 0 Å². The van der Waals surface area contributed by atoms with Crippen molar-refractivity contribution >= 4 is 17.7 Å². The number of carboxylic acids is 1. The zero-order valence-corrected chi connectivity index (χ0v) is 8.86. The Morgan fingerprint density at radius 3 is 2.94 bits per heavy atom. The molecule has 0 radical (unpaired) electrons. The number of urea groups is 1. The number of rotatable bonds is 5. The molecule has 7 nitrogen and oxygen atoms in total. The van der Waals surface area contributed by atoms with Crippen molar-refractivity contribution in [2.75, 3.05) is 11.9 Å². The van der Waals surface area contributed by atoms with Crippen molar-refractivity contribution in [3.63, 3.8) is 0 Å². The molecule has 1 atom stereocenters. The molecule has 0 saturated heterocycles. The van der Waals surface area contributed by atoms with E-state index in [0.717, 1.165) is 0 Å². The van der Waals surface area contributed by atoms with Crippen molar-refractivity contribution in [1.82, 2.24) is 15.5 Å². The smallest absolute Gasteiger partial charge is 0.319 e. The van der Waals surface area contributed by atoms with E-state index in [-0.39, 0.29) is 18.4 Å². The number of carbonyl (C=O) groups excluding carboxylic acids is 1. The Morgan fingerprint density at radius 1 is 1.62 bits per heavy atom. The Bertz CT molecular complexity index is 350. The van der Waals surface area contributed by atoms with Crippen molar-refractivity contribution in [3.8, 4) is 0 Å². The van der Waals surface area contributed by atoms with Crippen LogP contribution in [0.25, 0.3) is 0 Å². The summed E-state index contributed by atoms with van der Waals surface area (Å²) in [4.78, 5) is 21.7. The summed E-state index contributed by atoms with van der Waals surface area (Å²) in [6, 6.07) is -0.376. The summed E-state index contributed by atoms with van der Waals surface area (Å²) in [7, 11) is 0. The first-order valence-corrected chi connectivity index (χ1v) is 4.83. The van der Waals surface area contributed by atoms with E-state index in [1.165, 1.54) is 6.20 Å². The first kappa shape index (κ1) is 12.0. The van der Waals surface area contributed by atoms with Crippen LogP contribution in [0.2, 0.25) is 0 Å². The van der Waals surface area contributed by atoms with Gasteiger partial charge < -0.3 is 15.7 Å². The number of hydrogen-bond acceptors (Lipinski definition) is 3. The number of carbonyl (C=O) groups is 2. The Labute approximate surface area is 92.2 Å². The van der Waals surface area contributed by atoms with E-state index < -0.39 is 5.97 Å². The molecule has 1 heterocycles. The molecule has 1 aromatic heterocycles. The molecular weight excluding hydrogens is 212 g/mol. The van der Waals surface area contributed by atoms with E-state index in [0.29, 0.717) is 12.2 Å². The second-order valence-electron chi connectivity index (χ2n) is 3.53. The molecule has 4 N–H and O–H groups in total. The van der Waals surface area contributed by atoms with E-state index in [1.807, 2.05) is 0 Å². The van der Waals surface area contributed by atoms with Gasteiger partial charge in [-0.1, -0.05) is 6.92 Å². The topological polar surface area (TPSA) is 107 Å². The average Bonchev–Trinajstić information content (AvgIpc) is 2.66. The van der Waals surface area contributed by atoms with Crippen LogP contribution < -0.4 is 10.6 Å². The highest BCUT2D eigenvalue weighted by molar-refractivity contribution is 5.88. The number of anilines is 1. The maximum atomic E-state index is 11.3. The van der Waals surface area contributed by atoms with Crippen LogP contribution in [0.15, 0.2) is 12.4 Å². The van der Waals surface area contributed by atoms with Gasteiger partial charge in [0.05, 0.1) is 11.9 Å². The molecule has 1 unspecified atom stereocenters. The lowest BCUT2D eigenvalue weighted by Crippen LogP contribution is -2.32. The number of nitrogens with one attached hydrogen (secondary N) is 3. The lowest BCUT2D eigenvalue weighted by atomic mass is 10.1. The quantitative estimate of drug-likeness (QED) is 0.591. The summed E-state index contributed by atoms with van der Waals surface area (Å²) in [5, 5.41) is 19.8. The average molecular weight is 226 g/mol. The second-order valence-corrected chi connectivity index (χ2v) is 3.53. The van der Waals surface area contributed by atoms with Crippen molar-refractivity contribution < 1.29 is 14.7 Å². The molecule has 0 aromatic carbocycles. The van der Waals surface area contributed by atoms with Crippen LogP contribution in [0, 0.1) is 5.92 Å². The Balaban J connectivity index is 2.22. The van der Waals surface area contributed by atoms with Crippen molar-refractivity contribution in [1.29, 1.82) is 0 Å².